The van der Waals surface area contributed by atoms with E-state index in [1.54, 1.807) is 24.3 Å². The Hall–Kier alpha value is -0.800. The molecule has 6 heteroatoms. The van der Waals surface area contributed by atoms with Crippen LogP contribution >= 0.6 is 30.7 Å². The lowest BCUT2D eigenvalue weighted by atomic mass is 10.3. The summed E-state index contributed by atoms with van der Waals surface area (Å²) in [5.74, 6) is -0.422. The van der Waals surface area contributed by atoms with Gasteiger partial charge in [0.15, 0.2) is 0 Å². The van der Waals surface area contributed by atoms with Crippen LogP contribution in [0, 0.1) is 5.82 Å². The Bertz CT molecular complexity index is 720. The Labute approximate surface area is 119 Å². The molecule has 0 amide bonds. The van der Waals surface area contributed by atoms with E-state index in [2.05, 4.69) is 0 Å². The van der Waals surface area contributed by atoms with Crippen LogP contribution in [0.15, 0.2) is 46.2 Å². The first-order chi connectivity index (χ1) is 9.04. The number of fused-ring (bicyclic) bond motifs is 2. The standard InChI is InChI=1S/C13H9ClFO2PS/c1-17-18(16)10-4-2-8(14)6-13(10)19-12-5-3-9(15)7-11(12)18/h2-7H,1H3. The first kappa shape index (κ1) is 13.2. The van der Waals surface area contributed by atoms with Crippen molar-refractivity contribution >= 4 is 41.3 Å². The third-order valence-corrected chi connectivity index (χ3v) is 7.17. The molecule has 2 aromatic carbocycles. The van der Waals surface area contributed by atoms with Gasteiger partial charge in [0.2, 0.25) is 0 Å². The van der Waals surface area contributed by atoms with Crippen LogP contribution < -0.4 is 10.6 Å². The fourth-order valence-corrected chi connectivity index (χ4v) is 6.13. The second kappa shape index (κ2) is 4.64. The molecule has 1 unspecified atom stereocenters. The largest absolute Gasteiger partial charge is 0.325 e. The van der Waals surface area contributed by atoms with Gasteiger partial charge in [-0.2, -0.15) is 0 Å². The lowest BCUT2D eigenvalue weighted by Crippen LogP contribution is -2.24. The molecule has 98 valence electrons. The van der Waals surface area contributed by atoms with Crippen molar-refractivity contribution in [2.75, 3.05) is 7.11 Å². The molecular weight excluding hydrogens is 306 g/mol. The van der Waals surface area contributed by atoms with Crippen LogP contribution in [-0.4, -0.2) is 7.11 Å². The molecule has 2 aromatic rings. The number of benzene rings is 2. The van der Waals surface area contributed by atoms with Crippen molar-refractivity contribution in [1.82, 2.24) is 0 Å². The quantitative estimate of drug-likeness (QED) is 0.749. The zero-order valence-corrected chi connectivity index (χ0v) is 12.4. The number of rotatable bonds is 1. The lowest BCUT2D eigenvalue weighted by Gasteiger charge is -2.26. The highest BCUT2D eigenvalue weighted by molar-refractivity contribution is 8.01. The summed E-state index contributed by atoms with van der Waals surface area (Å²) in [6, 6.07) is 9.34. The Morgan fingerprint density at radius 1 is 1.16 bits per heavy atom. The van der Waals surface area contributed by atoms with E-state index in [1.165, 1.54) is 31.0 Å². The van der Waals surface area contributed by atoms with Crippen LogP contribution in [0.5, 0.6) is 0 Å². The van der Waals surface area contributed by atoms with Gasteiger partial charge in [-0.05, 0) is 36.4 Å². The fourth-order valence-electron chi connectivity index (χ4n) is 2.06. The molecule has 3 rings (SSSR count). The van der Waals surface area contributed by atoms with E-state index in [4.69, 9.17) is 16.1 Å². The van der Waals surface area contributed by atoms with Gasteiger partial charge < -0.3 is 4.52 Å². The molecule has 0 aromatic heterocycles. The smallest absolute Gasteiger partial charge is 0.263 e. The maximum Gasteiger partial charge on any atom is 0.263 e. The molecule has 0 spiro atoms. The Morgan fingerprint density at radius 3 is 2.68 bits per heavy atom. The average Bonchev–Trinajstić information content (AvgIpc) is 2.39. The molecule has 19 heavy (non-hydrogen) atoms. The third-order valence-electron chi connectivity index (χ3n) is 2.95. The van der Waals surface area contributed by atoms with Gasteiger partial charge in [-0.3, -0.25) is 4.57 Å². The fraction of sp³-hybridized carbons (Fsp3) is 0.0769. The van der Waals surface area contributed by atoms with E-state index < -0.39 is 13.2 Å². The SMILES string of the molecule is COP1(=O)c2ccc(Cl)cc2Sc2ccc(F)cc21. The van der Waals surface area contributed by atoms with Crippen molar-refractivity contribution in [3.8, 4) is 0 Å². The van der Waals surface area contributed by atoms with Crippen molar-refractivity contribution in [3.63, 3.8) is 0 Å². The van der Waals surface area contributed by atoms with Crippen LogP contribution in [0.2, 0.25) is 5.02 Å². The molecule has 1 aliphatic rings. The van der Waals surface area contributed by atoms with Gasteiger partial charge in [0.25, 0.3) is 7.37 Å². The molecule has 0 saturated carbocycles. The summed E-state index contributed by atoms with van der Waals surface area (Å²) in [6.45, 7) is 0. The van der Waals surface area contributed by atoms with Gasteiger partial charge in [0.1, 0.15) is 5.82 Å². The highest BCUT2D eigenvalue weighted by Gasteiger charge is 2.37. The topological polar surface area (TPSA) is 26.3 Å². The minimum Gasteiger partial charge on any atom is -0.325 e. The molecule has 0 fully saturated rings. The highest BCUT2D eigenvalue weighted by atomic mass is 35.5. The van der Waals surface area contributed by atoms with Gasteiger partial charge in [0.05, 0.1) is 10.6 Å². The molecule has 1 aliphatic heterocycles. The van der Waals surface area contributed by atoms with Gasteiger partial charge in [-0.1, -0.05) is 23.4 Å². The minimum atomic E-state index is -3.24. The van der Waals surface area contributed by atoms with Crippen LogP contribution in [0.3, 0.4) is 0 Å². The van der Waals surface area contributed by atoms with Crippen LogP contribution in [0.25, 0.3) is 0 Å². The molecule has 1 heterocycles. The molecule has 2 nitrogen and oxygen atoms in total. The molecule has 0 bridgehead atoms. The van der Waals surface area contributed by atoms with E-state index in [9.17, 15) is 8.96 Å². The van der Waals surface area contributed by atoms with Crippen molar-refractivity contribution in [1.29, 1.82) is 0 Å². The summed E-state index contributed by atoms with van der Waals surface area (Å²) in [5, 5.41) is 1.55. The van der Waals surface area contributed by atoms with Gasteiger partial charge in [-0.15, -0.1) is 0 Å². The van der Waals surface area contributed by atoms with Crippen LogP contribution in [-0.2, 0) is 9.09 Å². The Morgan fingerprint density at radius 2 is 1.95 bits per heavy atom. The Kier molecular flexibility index (Phi) is 3.22. The number of hydrogen-bond donors (Lipinski definition) is 0. The third kappa shape index (κ3) is 2.03. The van der Waals surface area contributed by atoms with Gasteiger partial charge in [0, 0.05) is 21.9 Å². The van der Waals surface area contributed by atoms with E-state index in [-0.39, 0.29) is 0 Å². The predicted octanol–water partition coefficient (Wildman–Crippen LogP) is 3.82. The van der Waals surface area contributed by atoms with E-state index >= 15 is 0 Å². The zero-order chi connectivity index (χ0) is 13.6. The molecule has 0 aliphatic carbocycles. The number of halogens is 2. The van der Waals surface area contributed by atoms with Gasteiger partial charge >= 0.3 is 0 Å². The Balaban J connectivity index is 2.31. The zero-order valence-electron chi connectivity index (χ0n) is 9.89. The lowest BCUT2D eigenvalue weighted by molar-refractivity contribution is 0.411. The van der Waals surface area contributed by atoms with Crippen molar-refractivity contribution in [2.45, 2.75) is 9.79 Å². The van der Waals surface area contributed by atoms with Crippen LogP contribution in [0.1, 0.15) is 0 Å². The molecule has 0 N–H and O–H groups in total. The first-order valence-corrected chi connectivity index (χ1v) is 8.30. The maximum atomic E-state index is 13.4. The molecule has 0 radical (unpaired) electrons. The van der Waals surface area contributed by atoms with Gasteiger partial charge in [-0.25, -0.2) is 4.39 Å². The normalized spacial score (nSPS) is 20.8. The van der Waals surface area contributed by atoms with E-state index in [0.717, 1.165) is 9.79 Å². The predicted molar refractivity (Wildman–Crippen MR) is 75.9 cm³/mol. The van der Waals surface area contributed by atoms with Crippen LogP contribution in [0.4, 0.5) is 4.39 Å². The minimum absolute atomic E-state index is 0.412. The summed E-state index contributed by atoms with van der Waals surface area (Å²) in [5.41, 5.74) is 0. The maximum absolute atomic E-state index is 13.4. The summed E-state index contributed by atoms with van der Waals surface area (Å²) in [4.78, 5) is 1.53. The van der Waals surface area contributed by atoms with Crippen molar-refractivity contribution in [2.24, 2.45) is 0 Å². The molecular formula is C13H9ClFO2PS. The van der Waals surface area contributed by atoms with E-state index in [1.807, 2.05) is 0 Å². The summed E-state index contributed by atoms with van der Waals surface area (Å²) in [6.07, 6.45) is 0. The second-order valence-corrected chi connectivity index (χ2v) is 8.01. The monoisotopic (exact) mass is 314 g/mol. The summed E-state index contributed by atoms with van der Waals surface area (Å²) in [7, 11) is -1.86. The molecule has 0 saturated heterocycles. The highest BCUT2D eigenvalue weighted by Crippen LogP contribution is 2.53. The second-order valence-electron chi connectivity index (χ2n) is 4.06. The van der Waals surface area contributed by atoms with Crippen molar-refractivity contribution < 1.29 is 13.5 Å². The van der Waals surface area contributed by atoms with E-state index in [0.29, 0.717) is 15.6 Å². The average molecular weight is 315 g/mol. The summed E-state index contributed by atoms with van der Waals surface area (Å²) >= 11 is 7.38. The first-order valence-electron chi connectivity index (χ1n) is 5.48. The molecule has 1 atom stereocenters. The summed E-state index contributed by atoms with van der Waals surface area (Å²) < 4.78 is 31.7. The van der Waals surface area contributed by atoms with Crippen molar-refractivity contribution in [3.05, 3.63) is 47.2 Å². The number of hydrogen-bond acceptors (Lipinski definition) is 3.